The molecule has 0 aliphatic rings. The molecule has 0 spiro atoms. The number of azo groups is 1. The van der Waals surface area contributed by atoms with Crippen LogP contribution in [0.4, 0.5) is 11.6 Å². The van der Waals surface area contributed by atoms with Crippen LogP contribution in [-0.2, 0) is 6.54 Å². The first kappa shape index (κ1) is 20.0. The van der Waals surface area contributed by atoms with Crippen molar-refractivity contribution in [1.82, 2.24) is 9.55 Å². The molecule has 0 aliphatic heterocycles. The van der Waals surface area contributed by atoms with Crippen LogP contribution in [0.2, 0.25) is 0 Å². The number of hydrogen-bond acceptors (Lipinski definition) is 4. The highest BCUT2D eigenvalue weighted by Gasteiger charge is 2.10. The maximum Gasteiger partial charge on any atom is 0.250 e. The summed E-state index contributed by atoms with van der Waals surface area (Å²) in [5.74, 6) is 1.15. The minimum absolute atomic E-state index is 0.560. The van der Waals surface area contributed by atoms with Crippen molar-refractivity contribution in [2.45, 2.75) is 19.9 Å². The molecule has 0 amide bonds. The molecule has 0 aliphatic carbocycles. The van der Waals surface area contributed by atoms with Gasteiger partial charge in [-0.2, -0.15) is 5.10 Å². The first-order chi connectivity index (χ1) is 14.7. The summed E-state index contributed by atoms with van der Waals surface area (Å²) in [6.07, 6.45) is 0.645. The summed E-state index contributed by atoms with van der Waals surface area (Å²) in [6, 6.07) is 26.1. The van der Waals surface area contributed by atoms with Crippen LogP contribution in [0.15, 0.2) is 98.7 Å². The Hall–Kier alpha value is -3.32. The van der Waals surface area contributed by atoms with Crippen molar-refractivity contribution < 1.29 is 0 Å². The number of hydrazone groups is 1. The molecule has 4 rings (SSSR count). The third kappa shape index (κ3) is 4.80. The fraction of sp³-hybridized carbons (Fsp3) is 0.130. The third-order valence-electron chi connectivity index (χ3n) is 4.55. The summed E-state index contributed by atoms with van der Waals surface area (Å²) in [7, 11) is 0. The molecule has 1 aromatic heterocycles. The lowest BCUT2D eigenvalue weighted by Gasteiger charge is -2.06. The highest BCUT2D eigenvalue weighted by Crippen LogP contribution is 2.23. The van der Waals surface area contributed by atoms with Gasteiger partial charge in [0.05, 0.1) is 23.3 Å². The number of nitrogens with zero attached hydrogens (tertiary/aromatic N) is 5. The Morgan fingerprint density at radius 1 is 0.967 bits per heavy atom. The van der Waals surface area contributed by atoms with E-state index >= 15 is 0 Å². The summed E-state index contributed by atoms with van der Waals surface area (Å²) in [5, 5.41) is 13.2. The number of fused-ring (bicyclic) bond motifs is 1. The number of benzene rings is 3. The predicted octanol–water partition coefficient (Wildman–Crippen LogP) is 6.77. The summed E-state index contributed by atoms with van der Waals surface area (Å²) in [5.41, 5.74) is 7.01. The van der Waals surface area contributed by atoms with E-state index < -0.39 is 0 Å². The molecule has 0 atom stereocenters. The van der Waals surface area contributed by atoms with Gasteiger partial charge in [0.2, 0.25) is 0 Å². The first-order valence-corrected chi connectivity index (χ1v) is 10.5. The molecule has 0 unspecified atom stereocenters. The van der Waals surface area contributed by atoms with Crippen molar-refractivity contribution in [2.24, 2.45) is 15.3 Å². The van der Waals surface area contributed by atoms with Gasteiger partial charge in [0.15, 0.2) is 5.84 Å². The highest BCUT2D eigenvalue weighted by atomic mass is 79.9. The number of amidine groups is 1. The average molecular weight is 461 g/mol. The third-order valence-corrected chi connectivity index (χ3v) is 5.08. The van der Waals surface area contributed by atoms with Gasteiger partial charge in [-0.25, -0.2) is 4.98 Å². The lowest BCUT2D eigenvalue weighted by atomic mass is 10.2. The van der Waals surface area contributed by atoms with Crippen molar-refractivity contribution in [3.63, 3.8) is 0 Å². The van der Waals surface area contributed by atoms with Gasteiger partial charge in [-0.3, -0.25) is 5.43 Å². The van der Waals surface area contributed by atoms with Gasteiger partial charge >= 0.3 is 0 Å². The van der Waals surface area contributed by atoms with Gasteiger partial charge in [0.25, 0.3) is 5.95 Å². The Labute approximate surface area is 183 Å². The van der Waals surface area contributed by atoms with Crippen LogP contribution in [0.3, 0.4) is 0 Å². The summed E-state index contributed by atoms with van der Waals surface area (Å²) in [4.78, 5) is 4.67. The molecule has 7 heteroatoms. The van der Waals surface area contributed by atoms with Crippen LogP contribution in [0, 0.1) is 0 Å². The topological polar surface area (TPSA) is 66.9 Å². The molecule has 150 valence electrons. The van der Waals surface area contributed by atoms with Crippen LogP contribution in [0.25, 0.3) is 11.0 Å². The molecule has 6 nitrogen and oxygen atoms in total. The smallest absolute Gasteiger partial charge is 0.250 e. The van der Waals surface area contributed by atoms with E-state index in [1.807, 2.05) is 73.7 Å². The van der Waals surface area contributed by atoms with Crippen molar-refractivity contribution >= 4 is 44.4 Å². The molecule has 0 radical (unpaired) electrons. The second kappa shape index (κ2) is 9.45. The van der Waals surface area contributed by atoms with Gasteiger partial charge in [0, 0.05) is 10.9 Å². The van der Waals surface area contributed by atoms with E-state index in [2.05, 4.69) is 58.4 Å². The zero-order valence-electron chi connectivity index (χ0n) is 16.5. The molecule has 0 saturated heterocycles. The quantitative estimate of drug-likeness (QED) is 0.149. The average Bonchev–Trinajstić information content (AvgIpc) is 3.13. The lowest BCUT2D eigenvalue weighted by molar-refractivity contribution is 0.817. The Balaban J connectivity index is 1.61. The molecule has 0 fully saturated rings. The van der Waals surface area contributed by atoms with Gasteiger partial charge in [-0.05, 0) is 42.0 Å². The summed E-state index contributed by atoms with van der Waals surface area (Å²) >= 11 is 3.43. The van der Waals surface area contributed by atoms with Crippen molar-refractivity contribution in [3.05, 3.63) is 88.9 Å². The van der Waals surface area contributed by atoms with Crippen LogP contribution in [0.5, 0.6) is 0 Å². The van der Waals surface area contributed by atoms with E-state index in [0.29, 0.717) is 24.7 Å². The monoisotopic (exact) mass is 460 g/mol. The van der Waals surface area contributed by atoms with E-state index in [0.717, 1.165) is 21.2 Å². The minimum Gasteiger partial charge on any atom is -0.303 e. The molecule has 0 saturated carbocycles. The predicted molar refractivity (Wildman–Crippen MR) is 125 cm³/mol. The van der Waals surface area contributed by atoms with Crippen LogP contribution in [0.1, 0.15) is 18.9 Å². The van der Waals surface area contributed by atoms with Crippen molar-refractivity contribution in [2.75, 3.05) is 5.43 Å². The van der Waals surface area contributed by atoms with Crippen molar-refractivity contribution in [1.29, 1.82) is 0 Å². The summed E-state index contributed by atoms with van der Waals surface area (Å²) < 4.78 is 3.09. The Morgan fingerprint density at radius 3 is 2.47 bits per heavy atom. The Bertz CT molecular complexity index is 1180. The second-order valence-corrected chi connectivity index (χ2v) is 7.59. The molecule has 30 heavy (non-hydrogen) atoms. The van der Waals surface area contributed by atoms with Gasteiger partial charge in [0.1, 0.15) is 0 Å². The second-order valence-electron chi connectivity index (χ2n) is 6.67. The number of nitrogens with one attached hydrogen (secondary N) is 1. The van der Waals surface area contributed by atoms with Crippen LogP contribution in [-0.4, -0.2) is 15.4 Å². The minimum atomic E-state index is 0.560. The van der Waals surface area contributed by atoms with Crippen LogP contribution < -0.4 is 5.43 Å². The molecule has 1 heterocycles. The zero-order chi connectivity index (χ0) is 20.8. The number of halogens is 1. The maximum atomic E-state index is 4.67. The van der Waals surface area contributed by atoms with Crippen molar-refractivity contribution in [3.8, 4) is 0 Å². The van der Waals surface area contributed by atoms with Gasteiger partial charge in [-0.1, -0.05) is 65.3 Å². The molecule has 4 aromatic rings. The van der Waals surface area contributed by atoms with Gasteiger partial charge in [-0.15, -0.1) is 10.2 Å². The lowest BCUT2D eigenvalue weighted by Crippen LogP contribution is -2.00. The number of rotatable bonds is 6. The SMILES string of the molecule is CC/C(N=Nc1nc2ccccc2n1Cc1ccccc1)=N\Nc1ccc(Br)cc1. The van der Waals surface area contributed by atoms with E-state index in [9.17, 15) is 0 Å². The number of anilines is 1. The fourth-order valence-electron chi connectivity index (χ4n) is 2.99. The largest absolute Gasteiger partial charge is 0.303 e. The number of aromatic nitrogens is 2. The molecule has 0 bridgehead atoms. The number of imidazole rings is 1. The first-order valence-electron chi connectivity index (χ1n) is 9.72. The normalized spacial score (nSPS) is 12.0. The van der Waals surface area contributed by atoms with E-state index in [-0.39, 0.29) is 0 Å². The maximum absolute atomic E-state index is 4.67. The molecular weight excluding hydrogens is 440 g/mol. The summed E-state index contributed by atoms with van der Waals surface area (Å²) in [6.45, 7) is 2.67. The highest BCUT2D eigenvalue weighted by molar-refractivity contribution is 9.10. The van der Waals surface area contributed by atoms with E-state index in [1.54, 1.807) is 0 Å². The molecule has 3 aromatic carbocycles. The molecular formula is C23H21BrN6. The Morgan fingerprint density at radius 2 is 1.70 bits per heavy atom. The van der Waals surface area contributed by atoms with Crippen LogP contribution >= 0.6 is 15.9 Å². The fourth-order valence-corrected chi connectivity index (χ4v) is 3.25. The van der Waals surface area contributed by atoms with E-state index in [1.165, 1.54) is 5.56 Å². The van der Waals surface area contributed by atoms with E-state index in [4.69, 9.17) is 0 Å². The number of hydrogen-bond donors (Lipinski definition) is 1. The van der Waals surface area contributed by atoms with Gasteiger partial charge < -0.3 is 4.57 Å². The standard InChI is InChI=1S/C23H21BrN6/c1-2-22(27-26-19-14-12-18(24)13-15-19)28-29-23-25-20-10-6-7-11-21(20)30(23)16-17-8-4-3-5-9-17/h3-15,26H,2,16H2,1H3/b27-22+,29-28?. The Kier molecular flexibility index (Phi) is 6.29. The molecule has 1 N–H and O–H groups in total. The number of para-hydroxylation sites is 2. The zero-order valence-corrected chi connectivity index (χ0v) is 18.1.